The Morgan fingerprint density at radius 3 is 2.17 bits per heavy atom. The summed E-state index contributed by atoms with van der Waals surface area (Å²) < 4.78 is 66.9. The highest BCUT2D eigenvalue weighted by Gasteiger charge is 2.38. The van der Waals surface area contributed by atoms with Crippen LogP contribution in [0, 0.1) is 25.5 Å². The van der Waals surface area contributed by atoms with Crippen molar-refractivity contribution in [3.8, 4) is 5.75 Å². The van der Waals surface area contributed by atoms with Crippen molar-refractivity contribution in [2.45, 2.75) is 52.4 Å². The topological polar surface area (TPSA) is 142 Å². The molecule has 2 amide bonds. The van der Waals surface area contributed by atoms with Crippen molar-refractivity contribution in [3.05, 3.63) is 64.6 Å². The Hall–Kier alpha value is -4.43. The first kappa shape index (κ1) is 31.8. The standard InChI is InChI=1S/C23H26F2N4O4.C2HF3O2/c1-13-10-18(33-12-15-16(24)6-5-7-17(15)25)20-27-14(2)19(29(20)11-13)21(30)26-9-8-23(3,4)28-22(31)32;3-2(4,5)1(6)7/h5-7,10-11,28H,8-9,12H2,1-4H3,(H,26,30)(H,31,32);(H,6,7). The first-order chi connectivity index (χ1) is 18.4. The molecule has 0 bridgehead atoms. The molecule has 2 heterocycles. The molecule has 4 N–H and O–H groups in total. The fourth-order valence-electron chi connectivity index (χ4n) is 3.48. The summed E-state index contributed by atoms with van der Waals surface area (Å²) in [6.45, 7) is 6.81. The number of fused-ring (bicyclic) bond motifs is 1. The monoisotopic (exact) mass is 574 g/mol. The third kappa shape index (κ3) is 8.54. The number of amides is 2. The quantitative estimate of drug-likeness (QED) is 0.288. The van der Waals surface area contributed by atoms with Crippen LogP contribution >= 0.6 is 0 Å². The van der Waals surface area contributed by atoms with Crippen LogP contribution in [0.3, 0.4) is 0 Å². The lowest BCUT2D eigenvalue weighted by molar-refractivity contribution is -0.192. The van der Waals surface area contributed by atoms with E-state index in [1.54, 1.807) is 44.4 Å². The van der Waals surface area contributed by atoms with Gasteiger partial charge in [0, 0.05) is 18.3 Å². The molecule has 0 aliphatic rings. The number of benzene rings is 1. The van der Waals surface area contributed by atoms with Gasteiger partial charge in [-0.3, -0.25) is 9.20 Å². The van der Waals surface area contributed by atoms with Gasteiger partial charge in [-0.25, -0.2) is 23.4 Å². The first-order valence-corrected chi connectivity index (χ1v) is 11.6. The van der Waals surface area contributed by atoms with Gasteiger partial charge in [0.2, 0.25) is 0 Å². The molecule has 0 aliphatic carbocycles. The van der Waals surface area contributed by atoms with Crippen molar-refractivity contribution in [1.29, 1.82) is 0 Å². The number of aromatic nitrogens is 2. The van der Waals surface area contributed by atoms with E-state index in [0.29, 0.717) is 23.5 Å². The highest BCUT2D eigenvalue weighted by molar-refractivity contribution is 5.95. The largest absolute Gasteiger partial charge is 0.490 e. The lowest BCUT2D eigenvalue weighted by Crippen LogP contribution is -2.45. The number of nitrogens with zero attached hydrogens (tertiary/aromatic N) is 2. The lowest BCUT2D eigenvalue weighted by Gasteiger charge is -2.24. The minimum atomic E-state index is -5.08. The lowest BCUT2D eigenvalue weighted by atomic mass is 10.0. The van der Waals surface area contributed by atoms with E-state index in [1.165, 1.54) is 6.07 Å². The van der Waals surface area contributed by atoms with Gasteiger partial charge in [-0.15, -0.1) is 0 Å². The van der Waals surface area contributed by atoms with Gasteiger partial charge in [-0.05, 0) is 57.9 Å². The van der Waals surface area contributed by atoms with E-state index in [1.807, 2.05) is 0 Å². The number of aliphatic carboxylic acids is 1. The molecule has 0 atom stereocenters. The van der Waals surface area contributed by atoms with Crippen LogP contribution in [-0.4, -0.2) is 55.8 Å². The van der Waals surface area contributed by atoms with E-state index in [2.05, 4.69) is 15.6 Å². The molecule has 3 rings (SSSR count). The number of halogens is 5. The number of imidazole rings is 1. The number of carboxylic acid groups (broad SMARTS) is 2. The van der Waals surface area contributed by atoms with Crippen LogP contribution in [0.25, 0.3) is 5.65 Å². The molecule has 40 heavy (non-hydrogen) atoms. The summed E-state index contributed by atoms with van der Waals surface area (Å²) >= 11 is 0. The van der Waals surface area contributed by atoms with Crippen molar-refractivity contribution in [1.82, 2.24) is 20.0 Å². The maximum absolute atomic E-state index is 14.0. The van der Waals surface area contributed by atoms with Crippen molar-refractivity contribution in [2.24, 2.45) is 0 Å². The summed E-state index contributed by atoms with van der Waals surface area (Å²) in [6, 6.07) is 5.27. The number of aryl methyl sites for hydroxylation is 2. The molecule has 3 aromatic rings. The number of ether oxygens (including phenoxy) is 1. The zero-order valence-corrected chi connectivity index (χ0v) is 21.8. The second-order valence-corrected chi connectivity index (χ2v) is 9.23. The van der Waals surface area contributed by atoms with Crippen LogP contribution in [0.1, 0.15) is 47.6 Å². The SMILES string of the molecule is Cc1cc(OCc2c(F)cccc2F)c2nc(C)c(C(=O)NCCC(C)(C)NC(=O)O)n2c1.O=C(O)C(F)(F)F. The number of carboxylic acids is 1. The third-order valence-electron chi connectivity index (χ3n) is 5.37. The summed E-state index contributed by atoms with van der Waals surface area (Å²) in [7, 11) is 0. The summed E-state index contributed by atoms with van der Waals surface area (Å²) in [6.07, 6.45) is -4.12. The predicted octanol–water partition coefficient (Wildman–Crippen LogP) is 4.61. The third-order valence-corrected chi connectivity index (χ3v) is 5.37. The van der Waals surface area contributed by atoms with Crippen LogP contribution in [0.5, 0.6) is 5.75 Å². The van der Waals surface area contributed by atoms with E-state index in [0.717, 1.165) is 17.7 Å². The Morgan fingerprint density at radius 1 is 1.07 bits per heavy atom. The maximum atomic E-state index is 14.0. The van der Waals surface area contributed by atoms with Crippen LogP contribution in [-0.2, 0) is 11.4 Å². The number of hydrogen-bond donors (Lipinski definition) is 4. The van der Waals surface area contributed by atoms with E-state index in [-0.39, 0.29) is 30.4 Å². The molecule has 0 saturated carbocycles. The van der Waals surface area contributed by atoms with Crippen molar-refractivity contribution >= 4 is 23.6 Å². The number of alkyl halides is 3. The molecule has 0 unspecified atom stereocenters. The summed E-state index contributed by atoms with van der Waals surface area (Å²) in [5.41, 5.74) is 0.920. The molecule has 0 fully saturated rings. The first-order valence-electron chi connectivity index (χ1n) is 11.6. The van der Waals surface area contributed by atoms with Gasteiger partial charge >= 0.3 is 18.2 Å². The molecular weight excluding hydrogens is 547 g/mol. The minimum absolute atomic E-state index is 0.198. The fraction of sp³-hybridized carbons (Fsp3) is 0.360. The molecule has 0 aliphatic heterocycles. The summed E-state index contributed by atoms with van der Waals surface area (Å²) in [4.78, 5) is 37.1. The number of carbonyl (C=O) groups excluding carboxylic acids is 1. The van der Waals surface area contributed by atoms with E-state index >= 15 is 0 Å². The Bertz CT molecular complexity index is 1380. The molecule has 10 nitrogen and oxygen atoms in total. The van der Waals surface area contributed by atoms with Crippen LogP contribution in [0.2, 0.25) is 0 Å². The Balaban J connectivity index is 0.000000708. The van der Waals surface area contributed by atoms with Gasteiger partial charge in [0.15, 0.2) is 11.4 Å². The maximum Gasteiger partial charge on any atom is 0.490 e. The van der Waals surface area contributed by atoms with Gasteiger partial charge in [0.05, 0.1) is 11.3 Å². The van der Waals surface area contributed by atoms with E-state index in [9.17, 15) is 31.5 Å². The molecule has 218 valence electrons. The predicted molar refractivity (Wildman–Crippen MR) is 131 cm³/mol. The second-order valence-electron chi connectivity index (χ2n) is 9.23. The average Bonchev–Trinajstić information content (AvgIpc) is 3.13. The summed E-state index contributed by atoms with van der Waals surface area (Å²) in [5.74, 6) is -4.28. The van der Waals surface area contributed by atoms with Crippen molar-refractivity contribution in [2.75, 3.05) is 6.54 Å². The van der Waals surface area contributed by atoms with Crippen molar-refractivity contribution in [3.63, 3.8) is 0 Å². The summed E-state index contributed by atoms with van der Waals surface area (Å²) in [5, 5.41) is 21.2. The molecule has 0 radical (unpaired) electrons. The van der Waals surface area contributed by atoms with Gasteiger partial charge < -0.3 is 25.6 Å². The second kappa shape index (κ2) is 12.6. The Morgan fingerprint density at radius 2 is 1.65 bits per heavy atom. The molecule has 2 aromatic heterocycles. The van der Waals surface area contributed by atoms with Gasteiger partial charge in [-0.2, -0.15) is 13.2 Å². The number of hydrogen-bond acceptors (Lipinski definition) is 5. The highest BCUT2D eigenvalue weighted by Crippen LogP contribution is 2.26. The van der Waals surface area contributed by atoms with Crippen LogP contribution in [0.15, 0.2) is 30.5 Å². The molecule has 15 heteroatoms. The zero-order chi connectivity index (χ0) is 30.4. The highest BCUT2D eigenvalue weighted by atomic mass is 19.4. The normalized spacial score (nSPS) is 11.4. The van der Waals surface area contributed by atoms with Gasteiger partial charge in [0.1, 0.15) is 23.9 Å². The smallest absolute Gasteiger partial charge is 0.485 e. The van der Waals surface area contributed by atoms with Gasteiger partial charge in [0.25, 0.3) is 5.91 Å². The van der Waals surface area contributed by atoms with Crippen LogP contribution < -0.4 is 15.4 Å². The number of rotatable bonds is 8. The number of nitrogens with one attached hydrogen (secondary N) is 2. The van der Waals surface area contributed by atoms with Crippen LogP contribution in [0.4, 0.5) is 26.7 Å². The molecule has 1 aromatic carbocycles. The van der Waals surface area contributed by atoms with Gasteiger partial charge in [-0.1, -0.05) is 6.07 Å². The zero-order valence-electron chi connectivity index (χ0n) is 21.8. The minimum Gasteiger partial charge on any atom is -0.485 e. The molecule has 0 spiro atoms. The molecular formula is C25H27F5N4O6. The molecule has 0 saturated heterocycles. The number of pyridine rings is 1. The van der Waals surface area contributed by atoms with E-state index in [4.69, 9.17) is 19.7 Å². The number of carbonyl (C=O) groups is 3. The fourth-order valence-corrected chi connectivity index (χ4v) is 3.48. The average molecular weight is 575 g/mol. The van der Waals surface area contributed by atoms with Crippen molar-refractivity contribution < 1.29 is 51.3 Å². The van der Waals surface area contributed by atoms with E-state index < -0.39 is 35.4 Å². The Labute approximate surface area is 224 Å². The Kier molecular flexibility index (Phi) is 10.0.